The van der Waals surface area contributed by atoms with Crippen LogP contribution in [0.15, 0.2) is 24.4 Å². The van der Waals surface area contributed by atoms with E-state index < -0.39 is 0 Å². The molecule has 0 aromatic rings. The third-order valence-corrected chi connectivity index (χ3v) is 3.13. The minimum absolute atomic E-state index is 0.101. The molecule has 0 saturated carbocycles. The van der Waals surface area contributed by atoms with Crippen LogP contribution in [-0.2, 0) is 23.9 Å². The fourth-order valence-electron chi connectivity index (χ4n) is 1.84. The molecule has 0 aliphatic carbocycles. The number of ether oxygens (including phenoxy) is 2. The summed E-state index contributed by atoms with van der Waals surface area (Å²) in [4.78, 5) is 35.2. The first kappa shape index (κ1) is 23.0. The van der Waals surface area contributed by atoms with Crippen LogP contribution in [0, 0.1) is 0 Å². The Hall–Kier alpha value is -1.99. The summed E-state index contributed by atoms with van der Waals surface area (Å²) >= 11 is 0. The van der Waals surface area contributed by atoms with Crippen LogP contribution in [-0.4, -0.2) is 62.0 Å². The predicted molar refractivity (Wildman–Crippen MR) is 95.9 cm³/mol. The molecule has 0 aromatic heterocycles. The quantitative estimate of drug-likeness (QED) is 0.536. The first-order chi connectivity index (χ1) is 12.0. The van der Waals surface area contributed by atoms with Gasteiger partial charge in [0.25, 0.3) is 5.91 Å². The molecule has 0 fully saturated rings. The molecule has 25 heavy (non-hydrogen) atoms. The van der Waals surface area contributed by atoms with Crippen molar-refractivity contribution < 1.29 is 23.9 Å². The molecule has 1 aliphatic heterocycles. The van der Waals surface area contributed by atoms with Gasteiger partial charge < -0.3 is 19.7 Å². The zero-order valence-electron chi connectivity index (χ0n) is 15.5. The van der Waals surface area contributed by atoms with E-state index in [2.05, 4.69) is 11.9 Å². The summed E-state index contributed by atoms with van der Waals surface area (Å²) in [6.45, 7) is 11.6. The maximum atomic E-state index is 11.6. The van der Waals surface area contributed by atoms with Crippen LogP contribution >= 0.6 is 0 Å². The van der Waals surface area contributed by atoms with Crippen LogP contribution in [0.1, 0.15) is 33.6 Å². The van der Waals surface area contributed by atoms with Crippen molar-refractivity contribution in [2.24, 2.45) is 0 Å². The number of ketones is 1. The molecule has 142 valence electrons. The Morgan fingerprint density at radius 1 is 1.08 bits per heavy atom. The molecule has 1 N–H and O–H groups in total. The van der Waals surface area contributed by atoms with Gasteiger partial charge in [0.1, 0.15) is 5.78 Å². The lowest BCUT2D eigenvalue weighted by Gasteiger charge is -2.16. The second-order valence-corrected chi connectivity index (χ2v) is 5.09. The topological polar surface area (TPSA) is 84.9 Å². The van der Waals surface area contributed by atoms with Gasteiger partial charge in [-0.05, 0) is 13.0 Å². The number of nitrogens with one attached hydrogen (secondary N) is 1. The van der Waals surface area contributed by atoms with E-state index in [1.165, 1.54) is 17.9 Å². The lowest BCUT2D eigenvalue weighted by Crippen LogP contribution is -2.32. The van der Waals surface area contributed by atoms with Crippen molar-refractivity contribution in [1.29, 1.82) is 0 Å². The van der Waals surface area contributed by atoms with Crippen molar-refractivity contribution in [3.05, 3.63) is 24.4 Å². The Balaban J connectivity index is 0.00000277. The lowest BCUT2D eigenvalue weighted by atomic mass is 10.3. The molecular formula is C18H30N2O5. The summed E-state index contributed by atoms with van der Waals surface area (Å²) in [6.07, 6.45) is 3.71. The smallest absolute Gasteiger partial charge is 0.251 e. The number of amides is 2. The van der Waals surface area contributed by atoms with Gasteiger partial charge >= 0.3 is 0 Å². The van der Waals surface area contributed by atoms with Crippen LogP contribution in [0.2, 0.25) is 0 Å². The van der Waals surface area contributed by atoms with E-state index >= 15 is 0 Å². The molecule has 1 rings (SSSR count). The Labute approximate surface area is 150 Å². The Bertz CT molecular complexity index is 456. The molecule has 0 radical (unpaired) electrons. The Morgan fingerprint density at radius 3 is 2.28 bits per heavy atom. The van der Waals surface area contributed by atoms with Gasteiger partial charge in [0.05, 0.1) is 26.4 Å². The largest absolute Gasteiger partial charge is 0.379 e. The standard InChI is InChI=1S/C16H24N2O5.C2H6/c1-13-3-4-16(21)18(13)8-5-15(20)17-7-10-23-12-11-22-9-6-14(2)19;1-2/h3-4H,1,5-12H2,2H3,(H,17,20);1-2H3. The highest BCUT2D eigenvalue weighted by Crippen LogP contribution is 2.12. The SMILES string of the molecule is C=C1C=CC(=O)N1CCC(=O)NCCOCCOCCC(C)=O.CC. The highest BCUT2D eigenvalue weighted by atomic mass is 16.5. The van der Waals surface area contributed by atoms with Crippen LogP contribution in [0.25, 0.3) is 0 Å². The van der Waals surface area contributed by atoms with Gasteiger partial charge in [-0.2, -0.15) is 0 Å². The summed E-state index contributed by atoms with van der Waals surface area (Å²) in [6, 6.07) is 0. The average Bonchev–Trinajstić information content (AvgIpc) is 2.91. The number of nitrogens with zero attached hydrogens (tertiary/aromatic N) is 1. The molecule has 7 nitrogen and oxygen atoms in total. The summed E-state index contributed by atoms with van der Waals surface area (Å²) in [7, 11) is 0. The molecule has 1 heterocycles. The van der Waals surface area contributed by atoms with Gasteiger partial charge in [-0.3, -0.25) is 14.4 Å². The number of rotatable bonds is 12. The highest BCUT2D eigenvalue weighted by Gasteiger charge is 2.18. The van der Waals surface area contributed by atoms with Crippen molar-refractivity contribution in [2.45, 2.75) is 33.6 Å². The van der Waals surface area contributed by atoms with E-state index in [0.29, 0.717) is 51.6 Å². The minimum atomic E-state index is -0.143. The van der Waals surface area contributed by atoms with Crippen LogP contribution in [0.3, 0.4) is 0 Å². The number of carbonyl (C=O) groups excluding carboxylic acids is 3. The van der Waals surface area contributed by atoms with E-state index in [0.717, 1.165) is 0 Å². The van der Waals surface area contributed by atoms with Gasteiger partial charge in [-0.25, -0.2) is 0 Å². The monoisotopic (exact) mass is 354 g/mol. The lowest BCUT2D eigenvalue weighted by molar-refractivity contribution is -0.125. The Kier molecular flexibility index (Phi) is 13.2. The minimum Gasteiger partial charge on any atom is -0.379 e. The van der Waals surface area contributed by atoms with Crippen molar-refractivity contribution in [1.82, 2.24) is 10.2 Å². The molecule has 0 aromatic carbocycles. The number of allylic oxidation sites excluding steroid dienone is 1. The average molecular weight is 354 g/mol. The second kappa shape index (κ2) is 14.4. The van der Waals surface area contributed by atoms with E-state index in [1.807, 2.05) is 13.8 Å². The first-order valence-electron chi connectivity index (χ1n) is 8.61. The fourth-order valence-corrected chi connectivity index (χ4v) is 1.84. The number of hydrogen-bond donors (Lipinski definition) is 1. The fraction of sp³-hybridized carbons (Fsp3) is 0.611. The van der Waals surface area contributed by atoms with Gasteiger partial charge in [-0.1, -0.05) is 20.4 Å². The maximum absolute atomic E-state index is 11.6. The third-order valence-electron chi connectivity index (χ3n) is 3.13. The predicted octanol–water partition coefficient (Wildman–Crippen LogP) is 1.44. The maximum Gasteiger partial charge on any atom is 0.251 e. The van der Waals surface area contributed by atoms with Crippen molar-refractivity contribution in [2.75, 3.05) is 39.5 Å². The molecular weight excluding hydrogens is 324 g/mol. The number of hydrogen-bond acceptors (Lipinski definition) is 5. The van der Waals surface area contributed by atoms with Gasteiger partial charge in [0, 0.05) is 37.7 Å². The van der Waals surface area contributed by atoms with E-state index in [1.54, 1.807) is 6.08 Å². The van der Waals surface area contributed by atoms with Gasteiger partial charge in [0.2, 0.25) is 5.91 Å². The van der Waals surface area contributed by atoms with Crippen molar-refractivity contribution >= 4 is 17.6 Å². The van der Waals surface area contributed by atoms with Crippen molar-refractivity contribution in [3.63, 3.8) is 0 Å². The van der Waals surface area contributed by atoms with E-state index in [9.17, 15) is 14.4 Å². The number of carbonyl (C=O) groups is 3. The molecule has 0 atom stereocenters. The molecule has 0 spiro atoms. The van der Waals surface area contributed by atoms with Gasteiger partial charge in [-0.15, -0.1) is 0 Å². The van der Waals surface area contributed by atoms with Crippen LogP contribution < -0.4 is 5.32 Å². The van der Waals surface area contributed by atoms with Gasteiger partial charge in [0.15, 0.2) is 0 Å². The third kappa shape index (κ3) is 11.2. The van der Waals surface area contributed by atoms with E-state index in [-0.39, 0.29) is 24.0 Å². The second-order valence-electron chi connectivity index (χ2n) is 5.09. The zero-order chi connectivity index (χ0) is 19.1. The number of Topliss-reactive ketones (excluding diaryl/α,β-unsaturated/α-hetero) is 1. The first-order valence-corrected chi connectivity index (χ1v) is 8.61. The van der Waals surface area contributed by atoms with E-state index in [4.69, 9.17) is 9.47 Å². The molecule has 7 heteroatoms. The normalized spacial score (nSPS) is 12.8. The van der Waals surface area contributed by atoms with Crippen LogP contribution in [0.5, 0.6) is 0 Å². The van der Waals surface area contributed by atoms with Crippen molar-refractivity contribution in [3.8, 4) is 0 Å². The molecule has 0 unspecified atom stereocenters. The summed E-state index contributed by atoms with van der Waals surface area (Å²) in [5.41, 5.74) is 0.607. The molecule has 0 saturated heterocycles. The summed E-state index contributed by atoms with van der Waals surface area (Å²) in [5.74, 6) is -0.182. The molecule has 1 aliphatic rings. The summed E-state index contributed by atoms with van der Waals surface area (Å²) < 4.78 is 10.5. The summed E-state index contributed by atoms with van der Waals surface area (Å²) in [5, 5.41) is 2.72. The van der Waals surface area contributed by atoms with Crippen LogP contribution in [0.4, 0.5) is 0 Å². The Morgan fingerprint density at radius 2 is 1.72 bits per heavy atom. The zero-order valence-corrected chi connectivity index (χ0v) is 15.5. The molecule has 2 amide bonds. The molecule has 0 bridgehead atoms. The highest BCUT2D eigenvalue weighted by molar-refractivity contribution is 5.93.